The maximum Gasteiger partial charge on any atom is 0.261 e. The number of sulfonamides is 1. The van der Waals surface area contributed by atoms with E-state index in [-0.39, 0.29) is 15.6 Å². The average Bonchev–Trinajstić information content (AvgIpc) is 2.42. The fraction of sp³-hybridized carbons (Fsp3) is 0.0714. The SMILES string of the molecule is Cc1ccc(NS(=O)(=O)c2ccc(C(N)=S)cc2)c(F)c1. The zero-order chi connectivity index (χ0) is 15.6. The quantitative estimate of drug-likeness (QED) is 0.848. The van der Waals surface area contributed by atoms with Crippen LogP contribution in [-0.2, 0) is 10.0 Å². The Balaban J connectivity index is 2.31. The molecule has 0 aliphatic heterocycles. The second-order valence-corrected chi connectivity index (χ2v) is 6.60. The molecule has 0 saturated carbocycles. The molecular formula is C14H13FN2O2S2. The average molecular weight is 324 g/mol. The molecule has 0 heterocycles. The first-order valence-corrected chi connectivity index (χ1v) is 7.87. The lowest BCUT2D eigenvalue weighted by atomic mass is 10.2. The molecule has 2 aromatic rings. The first-order valence-electron chi connectivity index (χ1n) is 5.98. The zero-order valence-corrected chi connectivity index (χ0v) is 12.8. The highest BCUT2D eigenvalue weighted by Crippen LogP contribution is 2.20. The molecule has 0 unspecified atom stereocenters. The Kier molecular flexibility index (Phi) is 4.24. The molecule has 0 aromatic heterocycles. The number of nitrogens with two attached hydrogens (primary N) is 1. The van der Waals surface area contributed by atoms with Crippen LogP contribution in [0.5, 0.6) is 0 Å². The van der Waals surface area contributed by atoms with E-state index in [1.165, 1.54) is 36.4 Å². The lowest BCUT2D eigenvalue weighted by Crippen LogP contribution is -2.15. The molecule has 0 bridgehead atoms. The fourth-order valence-electron chi connectivity index (χ4n) is 1.70. The number of anilines is 1. The predicted octanol–water partition coefficient (Wildman–Crippen LogP) is 2.57. The van der Waals surface area contributed by atoms with Crippen molar-refractivity contribution in [3.8, 4) is 0 Å². The summed E-state index contributed by atoms with van der Waals surface area (Å²) in [7, 11) is -3.87. The highest BCUT2D eigenvalue weighted by molar-refractivity contribution is 7.92. The summed E-state index contributed by atoms with van der Waals surface area (Å²) in [5.41, 5.74) is 6.61. The lowest BCUT2D eigenvalue weighted by molar-refractivity contribution is 0.598. The van der Waals surface area contributed by atoms with Crippen LogP contribution in [0, 0.1) is 12.7 Å². The van der Waals surface area contributed by atoms with Crippen LogP contribution in [0.4, 0.5) is 10.1 Å². The molecule has 0 saturated heterocycles. The van der Waals surface area contributed by atoms with Gasteiger partial charge in [-0.2, -0.15) is 0 Å². The van der Waals surface area contributed by atoms with Gasteiger partial charge in [0.15, 0.2) is 0 Å². The number of hydrogen-bond donors (Lipinski definition) is 2. The van der Waals surface area contributed by atoms with Crippen LogP contribution >= 0.6 is 12.2 Å². The third-order valence-electron chi connectivity index (χ3n) is 2.82. The van der Waals surface area contributed by atoms with Gasteiger partial charge in [-0.05, 0) is 36.8 Å². The molecule has 7 heteroatoms. The van der Waals surface area contributed by atoms with Crippen molar-refractivity contribution in [1.82, 2.24) is 0 Å². The number of nitrogens with one attached hydrogen (secondary N) is 1. The largest absolute Gasteiger partial charge is 0.389 e. The van der Waals surface area contributed by atoms with Gasteiger partial charge in [-0.3, -0.25) is 4.72 Å². The first-order chi connectivity index (χ1) is 9.79. The molecule has 4 nitrogen and oxygen atoms in total. The van der Waals surface area contributed by atoms with Crippen LogP contribution in [0.2, 0.25) is 0 Å². The molecular weight excluding hydrogens is 311 g/mol. The minimum atomic E-state index is -3.87. The van der Waals surface area contributed by atoms with Gasteiger partial charge < -0.3 is 5.73 Å². The third-order valence-corrected chi connectivity index (χ3v) is 4.44. The zero-order valence-electron chi connectivity index (χ0n) is 11.1. The van der Waals surface area contributed by atoms with Crippen LogP contribution in [0.25, 0.3) is 0 Å². The standard InChI is InChI=1S/C14H13FN2O2S2/c1-9-2-7-13(12(15)8-9)17-21(18,19)11-5-3-10(4-6-11)14(16)20/h2-8,17H,1H3,(H2,16,20). The first kappa shape index (κ1) is 15.4. The van der Waals surface area contributed by atoms with Gasteiger partial charge in [0.1, 0.15) is 10.8 Å². The summed E-state index contributed by atoms with van der Waals surface area (Å²) in [5.74, 6) is -0.627. The summed E-state index contributed by atoms with van der Waals surface area (Å²) in [5, 5.41) is 0. The van der Waals surface area contributed by atoms with Crippen molar-refractivity contribution in [3.63, 3.8) is 0 Å². The van der Waals surface area contributed by atoms with Crippen molar-refractivity contribution in [2.45, 2.75) is 11.8 Å². The molecule has 110 valence electrons. The van der Waals surface area contributed by atoms with Crippen LogP contribution in [0.3, 0.4) is 0 Å². The van der Waals surface area contributed by atoms with E-state index in [0.717, 1.165) is 0 Å². The summed E-state index contributed by atoms with van der Waals surface area (Å²) in [6, 6.07) is 9.99. The summed E-state index contributed by atoms with van der Waals surface area (Å²) < 4.78 is 40.3. The Labute approximate surface area is 127 Å². The minimum Gasteiger partial charge on any atom is -0.389 e. The number of rotatable bonds is 4. The Hall–Kier alpha value is -1.99. The second kappa shape index (κ2) is 5.79. The van der Waals surface area contributed by atoms with Crippen molar-refractivity contribution in [2.24, 2.45) is 5.73 Å². The maximum atomic E-state index is 13.7. The topological polar surface area (TPSA) is 72.2 Å². The third kappa shape index (κ3) is 3.56. The molecule has 21 heavy (non-hydrogen) atoms. The highest BCUT2D eigenvalue weighted by atomic mass is 32.2. The number of benzene rings is 2. The predicted molar refractivity (Wildman–Crippen MR) is 84.3 cm³/mol. The smallest absolute Gasteiger partial charge is 0.261 e. The normalized spacial score (nSPS) is 11.1. The monoisotopic (exact) mass is 324 g/mol. The molecule has 0 atom stereocenters. The minimum absolute atomic E-state index is 0.00229. The number of hydrogen-bond acceptors (Lipinski definition) is 3. The summed E-state index contributed by atoms with van der Waals surface area (Å²) in [6.07, 6.45) is 0. The molecule has 3 N–H and O–H groups in total. The maximum absolute atomic E-state index is 13.7. The molecule has 0 aliphatic rings. The highest BCUT2D eigenvalue weighted by Gasteiger charge is 2.16. The van der Waals surface area contributed by atoms with Crippen molar-refractivity contribution in [3.05, 3.63) is 59.4 Å². The van der Waals surface area contributed by atoms with Crippen LogP contribution in [-0.4, -0.2) is 13.4 Å². The summed E-state index contributed by atoms with van der Waals surface area (Å²) >= 11 is 4.80. The Morgan fingerprint density at radius 1 is 1.19 bits per heavy atom. The molecule has 2 aromatic carbocycles. The van der Waals surface area contributed by atoms with Gasteiger partial charge in [-0.1, -0.05) is 30.4 Å². The van der Waals surface area contributed by atoms with Gasteiger partial charge >= 0.3 is 0 Å². The van der Waals surface area contributed by atoms with Crippen molar-refractivity contribution < 1.29 is 12.8 Å². The molecule has 0 spiro atoms. The molecule has 0 aliphatic carbocycles. The summed E-state index contributed by atoms with van der Waals surface area (Å²) in [4.78, 5) is 0.180. The van der Waals surface area contributed by atoms with E-state index in [1.807, 2.05) is 0 Å². The van der Waals surface area contributed by atoms with E-state index in [0.29, 0.717) is 11.1 Å². The summed E-state index contributed by atoms with van der Waals surface area (Å²) in [6.45, 7) is 1.72. The Morgan fingerprint density at radius 3 is 2.33 bits per heavy atom. The van der Waals surface area contributed by atoms with E-state index in [2.05, 4.69) is 4.72 Å². The molecule has 0 amide bonds. The van der Waals surface area contributed by atoms with Gasteiger partial charge in [0, 0.05) is 5.56 Å². The van der Waals surface area contributed by atoms with E-state index in [1.54, 1.807) is 13.0 Å². The van der Waals surface area contributed by atoms with E-state index in [4.69, 9.17) is 18.0 Å². The molecule has 0 radical (unpaired) electrons. The molecule has 2 rings (SSSR count). The van der Waals surface area contributed by atoms with Crippen molar-refractivity contribution in [1.29, 1.82) is 0 Å². The lowest BCUT2D eigenvalue weighted by Gasteiger charge is -2.10. The van der Waals surface area contributed by atoms with Gasteiger partial charge in [-0.25, -0.2) is 12.8 Å². The number of halogens is 1. The van der Waals surface area contributed by atoms with Crippen molar-refractivity contribution >= 4 is 32.9 Å². The fourth-order valence-corrected chi connectivity index (χ4v) is 2.91. The van der Waals surface area contributed by atoms with Crippen LogP contribution < -0.4 is 10.5 Å². The van der Waals surface area contributed by atoms with Crippen molar-refractivity contribution in [2.75, 3.05) is 4.72 Å². The van der Waals surface area contributed by atoms with E-state index >= 15 is 0 Å². The molecule has 0 fully saturated rings. The van der Waals surface area contributed by atoms with Crippen LogP contribution in [0.15, 0.2) is 47.4 Å². The Bertz CT molecular complexity index is 787. The Morgan fingerprint density at radius 2 is 1.81 bits per heavy atom. The van der Waals surface area contributed by atoms with Crippen LogP contribution in [0.1, 0.15) is 11.1 Å². The van der Waals surface area contributed by atoms with Gasteiger partial charge in [0.2, 0.25) is 0 Å². The number of thiocarbonyl (C=S) groups is 1. The second-order valence-electron chi connectivity index (χ2n) is 4.48. The van der Waals surface area contributed by atoms with Gasteiger partial charge in [0.25, 0.3) is 10.0 Å². The van der Waals surface area contributed by atoms with Gasteiger partial charge in [-0.15, -0.1) is 0 Å². The van der Waals surface area contributed by atoms with E-state index < -0.39 is 15.8 Å². The number of aryl methyl sites for hydroxylation is 1. The van der Waals surface area contributed by atoms with Gasteiger partial charge in [0.05, 0.1) is 10.6 Å². The van der Waals surface area contributed by atoms with E-state index in [9.17, 15) is 12.8 Å².